The van der Waals surface area contributed by atoms with Gasteiger partial charge in [0.05, 0.1) is 10.9 Å². The quantitative estimate of drug-likeness (QED) is 0.638. The van der Waals surface area contributed by atoms with Crippen LogP contribution in [0.2, 0.25) is 5.02 Å². The van der Waals surface area contributed by atoms with Crippen LogP contribution in [0.4, 0.5) is 5.82 Å². The minimum Gasteiger partial charge on any atom is -0.318 e. The molecule has 0 spiro atoms. The van der Waals surface area contributed by atoms with E-state index in [9.17, 15) is 9.59 Å². The highest BCUT2D eigenvalue weighted by Gasteiger charge is 2.04. The molecule has 82 valence electrons. The van der Waals surface area contributed by atoms with Gasteiger partial charge in [-0.1, -0.05) is 11.6 Å². The van der Waals surface area contributed by atoms with Gasteiger partial charge < -0.3 is 4.98 Å². The number of hydrogen-bond donors (Lipinski definition) is 3. The van der Waals surface area contributed by atoms with Gasteiger partial charge in [-0.15, -0.1) is 0 Å². The Morgan fingerprint density at radius 3 is 2.81 bits per heavy atom. The second-order valence-corrected chi connectivity index (χ2v) is 3.46. The molecule has 3 N–H and O–H groups in total. The van der Waals surface area contributed by atoms with Gasteiger partial charge in [-0.3, -0.25) is 14.8 Å². The van der Waals surface area contributed by atoms with Crippen molar-refractivity contribution >= 4 is 28.3 Å². The molecule has 6 nitrogen and oxygen atoms in total. The highest BCUT2D eigenvalue weighted by atomic mass is 35.5. The van der Waals surface area contributed by atoms with Gasteiger partial charge >= 0.3 is 0 Å². The van der Waals surface area contributed by atoms with Crippen LogP contribution < -0.4 is 16.6 Å². The third-order valence-electron chi connectivity index (χ3n) is 1.99. The van der Waals surface area contributed by atoms with E-state index in [0.29, 0.717) is 5.02 Å². The maximum atomic E-state index is 11.6. The predicted molar refractivity (Wildman–Crippen MR) is 59.1 cm³/mol. The second kappa shape index (κ2) is 3.92. The maximum absolute atomic E-state index is 11.6. The summed E-state index contributed by atoms with van der Waals surface area (Å²) in [5, 5.41) is 9.21. The Morgan fingerprint density at radius 2 is 2.12 bits per heavy atom. The van der Waals surface area contributed by atoms with E-state index < -0.39 is 16.9 Å². The number of aromatic amines is 1. The van der Waals surface area contributed by atoms with Crippen molar-refractivity contribution in [2.45, 2.75) is 0 Å². The molecule has 0 saturated heterocycles. The zero-order valence-electron chi connectivity index (χ0n) is 7.82. The smallest absolute Gasteiger partial charge is 0.293 e. The monoisotopic (exact) mass is 239 g/mol. The van der Waals surface area contributed by atoms with Gasteiger partial charge in [0.1, 0.15) is 0 Å². The summed E-state index contributed by atoms with van der Waals surface area (Å²) in [5.41, 5.74) is 0.470. The largest absolute Gasteiger partial charge is 0.318 e. The molecule has 0 bridgehead atoms. The third-order valence-corrected chi connectivity index (χ3v) is 2.23. The van der Waals surface area contributed by atoms with Crippen molar-refractivity contribution in [3.05, 3.63) is 43.9 Å². The van der Waals surface area contributed by atoms with Gasteiger partial charge in [0.2, 0.25) is 5.82 Å². The summed E-state index contributed by atoms with van der Waals surface area (Å²) in [7, 11) is 0. The van der Waals surface area contributed by atoms with Crippen molar-refractivity contribution in [3.8, 4) is 0 Å². The van der Waals surface area contributed by atoms with Gasteiger partial charge in [-0.25, -0.2) is 5.48 Å². The van der Waals surface area contributed by atoms with E-state index in [4.69, 9.17) is 16.8 Å². The van der Waals surface area contributed by atoms with Gasteiger partial charge in [0.15, 0.2) is 0 Å². The van der Waals surface area contributed by atoms with E-state index in [0.717, 1.165) is 0 Å². The molecule has 1 aromatic carbocycles. The van der Waals surface area contributed by atoms with Crippen LogP contribution in [0.15, 0.2) is 27.8 Å². The van der Waals surface area contributed by atoms with E-state index in [1.54, 1.807) is 5.48 Å². The summed E-state index contributed by atoms with van der Waals surface area (Å²) in [5.74, 6) is -0.461. The number of rotatable bonds is 1. The average molecular weight is 240 g/mol. The average Bonchev–Trinajstić information content (AvgIpc) is 2.35. The van der Waals surface area contributed by atoms with Crippen molar-refractivity contribution in [1.29, 1.82) is 0 Å². The SMILES string of the molecule is O=c1[nH]c2cc(Cl)ccc2c(=O)nc1NO. The van der Waals surface area contributed by atoms with Crippen molar-refractivity contribution in [3.63, 3.8) is 0 Å². The first-order chi connectivity index (χ1) is 7.61. The number of nitrogens with one attached hydrogen (secondary N) is 2. The predicted octanol–water partition coefficient (Wildman–Crippen LogP) is 0.738. The maximum Gasteiger partial charge on any atom is 0.293 e. The molecule has 0 fully saturated rings. The molecular weight excluding hydrogens is 234 g/mol. The standard InChI is InChI=1S/C9H6ClN3O3/c10-4-1-2-5-6(3-4)11-9(15)7(13-16)12-8(5)14/h1-3,16H,(H2,11,12,13,14,15). The minimum atomic E-state index is -0.711. The lowest BCUT2D eigenvalue weighted by Crippen LogP contribution is -2.13. The van der Waals surface area contributed by atoms with Crippen molar-refractivity contribution in [1.82, 2.24) is 9.97 Å². The summed E-state index contributed by atoms with van der Waals surface area (Å²) >= 11 is 5.73. The Morgan fingerprint density at radius 1 is 1.38 bits per heavy atom. The highest BCUT2D eigenvalue weighted by Crippen LogP contribution is 2.13. The minimum absolute atomic E-state index is 0.211. The summed E-state index contributed by atoms with van der Waals surface area (Å²) in [6.07, 6.45) is 0. The Hall–Kier alpha value is -1.92. The van der Waals surface area contributed by atoms with Crippen LogP contribution in [0, 0.1) is 0 Å². The third kappa shape index (κ3) is 1.75. The number of benzene rings is 1. The van der Waals surface area contributed by atoms with E-state index >= 15 is 0 Å². The zero-order chi connectivity index (χ0) is 11.7. The van der Waals surface area contributed by atoms with Crippen molar-refractivity contribution < 1.29 is 5.21 Å². The first-order valence-corrected chi connectivity index (χ1v) is 4.63. The van der Waals surface area contributed by atoms with Crippen LogP contribution in [0.3, 0.4) is 0 Å². The summed E-state index contributed by atoms with van der Waals surface area (Å²) in [4.78, 5) is 28.8. The number of anilines is 1. The molecule has 0 aliphatic carbocycles. The van der Waals surface area contributed by atoms with Crippen molar-refractivity contribution in [2.24, 2.45) is 0 Å². The topological polar surface area (TPSA) is 95.1 Å². The molecule has 0 unspecified atom stereocenters. The Bertz CT molecular complexity index is 668. The number of hydrogen-bond acceptors (Lipinski definition) is 5. The normalized spacial score (nSPS) is 10.4. The molecule has 1 aromatic heterocycles. The molecule has 7 heteroatoms. The van der Waals surface area contributed by atoms with E-state index in [1.807, 2.05) is 0 Å². The molecule has 0 radical (unpaired) electrons. The number of H-pyrrole nitrogens is 1. The van der Waals surface area contributed by atoms with E-state index in [1.165, 1.54) is 18.2 Å². The molecular formula is C9H6ClN3O3. The first kappa shape index (κ1) is 10.6. The molecule has 1 heterocycles. The Labute approximate surface area is 93.5 Å². The number of aromatic nitrogens is 2. The lowest BCUT2D eigenvalue weighted by Gasteiger charge is -1.90. The molecule has 2 aromatic rings. The number of fused-ring (bicyclic) bond motifs is 1. The molecule has 0 atom stereocenters. The lowest BCUT2D eigenvalue weighted by molar-refractivity contribution is 0.385. The molecule has 0 amide bonds. The first-order valence-electron chi connectivity index (χ1n) is 4.26. The molecule has 0 aliphatic rings. The number of nitrogens with zero attached hydrogens (tertiary/aromatic N) is 1. The van der Waals surface area contributed by atoms with Crippen molar-refractivity contribution in [2.75, 3.05) is 5.48 Å². The fourth-order valence-electron chi connectivity index (χ4n) is 1.28. The fourth-order valence-corrected chi connectivity index (χ4v) is 1.45. The van der Waals surface area contributed by atoms with Gasteiger partial charge in [-0.05, 0) is 18.2 Å². The highest BCUT2D eigenvalue weighted by molar-refractivity contribution is 6.31. The Kier molecular flexibility index (Phi) is 2.59. The van der Waals surface area contributed by atoms with Gasteiger partial charge in [0, 0.05) is 5.02 Å². The van der Waals surface area contributed by atoms with Gasteiger partial charge in [-0.2, -0.15) is 4.98 Å². The lowest BCUT2D eigenvalue weighted by atomic mass is 10.2. The summed E-state index contributed by atoms with van der Waals surface area (Å²) in [6, 6.07) is 4.39. The van der Waals surface area contributed by atoms with Crippen LogP contribution in [0.5, 0.6) is 0 Å². The second-order valence-electron chi connectivity index (χ2n) is 3.02. The van der Waals surface area contributed by atoms with E-state index in [2.05, 4.69) is 9.97 Å². The molecule has 16 heavy (non-hydrogen) atoms. The Balaban J connectivity index is 3.01. The van der Waals surface area contributed by atoms with Crippen LogP contribution in [0.25, 0.3) is 10.9 Å². The van der Waals surface area contributed by atoms with Gasteiger partial charge in [0.25, 0.3) is 11.1 Å². The van der Waals surface area contributed by atoms with Crippen LogP contribution in [-0.2, 0) is 0 Å². The molecule has 0 aliphatic heterocycles. The van der Waals surface area contributed by atoms with Crippen LogP contribution >= 0.6 is 11.6 Å². The van der Waals surface area contributed by atoms with Crippen LogP contribution in [-0.4, -0.2) is 15.2 Å². The summed E-state index contributed by atoms with van der Waals surface area (Å²) < 4.78 is 0. The molecule has 0 saturated carbocycles. The molecule has 2 rings (SSSR count). The van der Waals surface area contributed by atoms with Crippen LogP contribution in [0.1, 0.15) is 0 Å². The fraction of sp³-hybridized carbons (Fsp3) is 0. The van der Waals surface area contributed by atoms with E-state index in [-0.39, 0.29) is 10.9 Å². The number of halogens is 1. The zero-order valence-corrected chi connectivity index (χ0v) is 8.58. The summed E-state index contributed by atoms with van der Waals surface area (Å²) in [6.45, 7) is 0.